The number of carbonyl (C=O) groups excluding carboxylic acids is 1. The van der Waals surface area contributed by atoms with E-state index in [0.29, 0.717) is 32.1 Å². The van der Waals surface area contributed by atoms with Gasteiger partial charge in [0, 0.05) is 37.0 Å². The van der Waals surface area contributed by atoms with Gasteiger partial charge < -0.3 is 9.26 Å². The maximum absolute atomic E-state index is 12.3. The molecule has 2 aromatic heterocycles. The quantitative estimate of drug-likeness (QED) is 0.882. The first kappa shape index (κ1) is 17.6. The third-order valence-corrected chi connectivity index (χ3v) is 4.08. The van der Waals surface area contributed by atoms with Crippen molar-refractivity contribution in [2.45, 2.75) is 38.8 Å². The van der Waals surface area contributed by atoms with Crippen LogP contribution in [0, 0.1) is 0 Å². The molecule has 0 bridgehead atoms. The molecule has 0 radical (unpaired) electrons. The summed E-state index contributed by atoms with van der Waals surface area (Å²) in [7, 11) is 0. The highest BCUT2D eigenvalue weighted by molar-refractivity contribution is 5.91. The minimum Gasteiger partial charge on any atom is -0.374 e. The number of hydrogen-bond acceptors (Lipinski definition) is 6. The van der Waals surface area contributed by atoms with Crippen molar-refractivity contribution in [2.75, 3.05) is 31.6 Å². The van der Waals surface area contributed by atoms with Crippen LogP contribution in [0.5, 0.6) is 0 Å². The number of anilines is 1. The van der Waals surface area contributed by atoms with Crippen LogP contribution >= 0.6 is 0 Å². The van der Waals surface area contributed by atoms with E-state index in [1.165, 1.54) is 0 Å². The smallest absolute Gasteiger partial charge is 0.240 e. The Kier molecular flexibility index (Phi) is 5.19. The van der Waals surface area contributed by atoms with Crippen LogP contribution in [-0.4, -0.2) is 58.1 Å². The molecule has 1 N–H and O–H groups in total. The normalized spacial score (nSPS) is 19.1. The third kappa shape index (κ3) is 4.90. The monoisotopic (exact) mass is 347 g/mol. The fourth-order valence-electron chi connectivity index (χ4n) is 2.72. The van der Waals surface area contributed by atoms with Gasteiger partial charge in [-0.05, 0) is 6.07 Å². The zero-order chi connectivity index (χ0) is 17.9. The molecular formula is C17H25N5O3. The summed E-state index contributed by atoms with van der Waals surface area (Å²) in [5, 5.41) is 11.0. The van der Waals surface area contributed by atoms with E-state index < -0.39 is 0 Å². The number of amides is 1. The zero-order valence-corrected chi connectivity index (χ0v) is 14.9. The molecule has 0 aliphatic carbocycles. The van der Waals surface area contributed by atoms with E-state index >= 15 is 0 Å². The van der Waals surface area contributed by atoms with E-state index in [1.807, 2.05) is 37.7 Å². The number of nitrogens with zero attached hydrogens (tertiary/aromatic N) is 4. The number of hydrogen-bond donors (Lipinski definition) is 1. The summed E-state index contributed by atoms with van der Waals surface area (Å²) in [6.45, 7) is 9.14. The molecule has 1 aliphatic rings. The highest BCUT2D eigenvalue weighted by atomic mass is 16.5. The first-order valence-corrected chi connectivity index (χ1v) is 8.48. The maximum Gasteiger partial charge on any atom is 0.240 e. The van der Waals surface area contributed by atoms with Crippen molar-refractivity contribution in [3.63, 3.8) is 0 Å². The summed E-state index contributed by atoms with van der Waals surface area (Å²) < 4.78 is 12.8. The molecule has 3 rings (SSSR count). The predicted molar refractivity (Wildman–Crippen MR) is 92.2 cm³/mol. The van der Waals surface area contributed by atoms with Crippen molar-refractivity contribution in [1.82, 2.24) is 19.8 Å². The van der Waals surface area contributed by atoms with E-state index in [4.69, 9.17) is 9.26 Å². The Morgan fingerprint density at radius 3 is 2.96 bits per heavy atom. The molecule has 1 unspecified atom stereocenters. The molecule has 3 heterocycles. The summed E-state index contributed by atoms with van der Waals surface area (Å²) >= 11 is 0. The lowest BCUT2D eigenvalue weighted by Crippen LogP contribution is -2.47. The van der Waals surface area contributed by atoms with Crippen LogP contribution in [0.25, 0.3) is 0 Å². The van der Waals surface area contributed by atoms with E-state index in [2.05, 4.69) is 20.5 Å². The number of ether oxygens (including phenoxy) is 1. The average Bonchev–Trinajstić information content (AvgIpc) is 3.18. The lowest BCUT2D eigenvalue weighted by Gasteiger charge is -2.32. The van der Waals surface area contributed by atoms with Gasteiger partial charge in [0.2, 0.25) is 11.8 Å². The Morgan fingerprint density at radius 2 is 2.28 bits per heavy atom. The molecule has 0 aromatic carbocycles. The van der Waals surface area contributed by atoms with Gasteiger partial charge in [-0.15, -0.1) is 0 Å². The molecule has 136 valence electrons. The van der Waals surface area contributed by atoms with Crippen molar-refractivity contribution in [1.29, 1.82) is 0 Å². The van der Waals surface area contributed by atoms with Crippen molar-refractivity contribution < 1.29 is 14.1 Å². The first-order chi connectivity index (χ1) is 11.9. The average molecular weight is 347 g/mol. The highest BCUT2D eigenvalue weighted by Crippen LogP contribution is 2.23. The Balaban J connectivity index is 1.49. The van der Waals surface area contributed by atoms with Gasteiger partial charge in [-0.25, -0.2) is 0 Å². The van der Waals surface area contributed by atoms with Crippen molar-refractivity contribution in [3.8, 4) is 0 Å². The van der Waals surface area contributed by atoms with Gasteiger partial charge in [0.1, 0.15) is 0 Å². The van der Waals surface area contributed by atoms with Gasteiger partial charge in [0.25, 0.3) is 0 Å². The number of morpholine rings is 1. The van der Waals surface area contributed by atoms with Crippen LogP contribution < -0.4 is 5.32 Å². The molecule has 1 saturated heterocycles. The van der Waals surface area contributed by atoms with Gasteiger partial charge >= 0.3 is 0 Å². The number of rotatable bonds is 5. The SMILES string of the molecule is CC(C)(C)c1cc(NC(=O)CN2CCOC(Cn3cccn3)C2)on1. The third-order valence-electron chi connectivity index (χ3n) is 4.08. The molecule has 8 heteroatoms. The van der Waals surface area contributed by atoms with Crippen LogP contribution in [0.3, 0.4) is 0 Å². The largest absolute Gasteiger partial charge is 0.374 e. The zero-order valence-electron chi connectivity index (χ0n) is 14.9. The van der Waals surface area contributed by atoms with Gasteiger partial charge in [-0.3, -0.25) is 19.7 Å². The summed E-state index contributed by atoms with van der Waals surface area (Å²) in [6, 6.07) is 3.66. The summed E-state index contributed by atoms with van der Waals surface area (Å²) in [4.78, 5) is 14.3. The fourth-order valence-corrected chi connectivity index (χ4v) is 2.72. The lowest BCUT2D eigenvalue weighted by molar-refractivity contribution is -0.119. The number of carbonyl (C=O) groups is 1. The molecule has 8 nitrogen and oxygen atoms in total. The van der Waals surface area contributed by atoms with E-state index in [0.717, 1.165) is 12.2 Å². The number of nitrogens with one attached hydrogen (secondary N) is 1. The number of aromatic nitrogens is 3. The summed E-state index contributed by atoms with van der Waals surface area (Å²) in [5.74, 6) is 0.271. The second-order valence-corrected chi connectivity index (χ2v) is 7.33. The van der Waals surface area contributed by atoms with Crippen LogP contribution in [0.2, 0.25) is 0 Å². The van der Waals surface area contributed by atoms with Crippen molar-refractivity contribution in [3.05, 3.63) is 30.2 Å². The van der Waals surface area contributed by atoms with Crippen molar-refractivity contribution in [2.24, 2.45) is 0 Å². The predicted octanol–water partition coefficient (Wildman–Crippen LogP) is 1.51. The van der Waals surface area contributed by atoms with E-state index in [1.54, 1.807) is 12.3 Å². The standard InChI is InChI=1S/C17H25N5O3/c1-17(2,3)14-9-16(25-20-14)19-15(23)12-21-7-8-24-13(10-21)11-22-6-4-5-18-22/h4-6,9,13H,7-8,10-12H2,1-3H3,(H,19,23). The van der Waals surface area contributed by atoms with E-state index in [-0.39, 0.29) is 17.4 Å². The van der Waals surface area contributed by atoms with Crippen LogP contribution in [0.1, 0.15) is 26.5 Å². The topological polar surface area (TPSA) is 85.4 Å². The second kappa shape index (κ2) is 7.37. The Hall–Kier alpha value is -2.19. The molecule has 0 saturated carbocycles. The van der Waals surface area contributed by atoms with Gasteiger partial charge in [0.15, 0.2) is 0 Å². The van der Waals surface area contributed by atoms with Crippen LogP contribution in [0.4, 0.5) is 5.88 Å². The molecule has 1 aliphatic heterocycles. The minimum absolute atomic E-state index is 0.0271. The minimum atomic E-state index is -0.115. The fraction of sp³-hybridized carbons (Fsp3) is 0.588. The molecule has 1 atom stereocenters. The Morgan fingerprint density at radius 1 is 1.44 bits per heavy atom. The lowest BCUT2D eigenvalue weighted by atomic mass is 9.92. The molecule has 25 heavy (non-hydrogen) atoms. The van der Waals surface area contributed by atoms with Crippen LogP contribution in [-0.2, 0) is 21.5 Å². The van der Waals surface area contributed by atoms with Crippen molar-refractivity contribution >= 4 is 11.8 Å². The van der Waals surface area contributed by atoms with Gasteiger partial charge in [-0.1, -0.05) is 25.9 Å². The van der Waals surface area contributed by atoms with Gasteiger partial charge in [0.05, 0.1) is 31.5 Å². The summed E-state index contributed by atoms with van der Waals surface area (Å²) in [6.07, 6.45) is 3.68. The van der Waals surface area contributed by atoms with Gasteiger partial charge in [-0.2, -0.15) is 5.10 Å². The highest BCUT2D eigenvalue weighted by Gasteiger charge is 2.24. The molecule has 1 amide bonds. The molecular weight excluding hydrogens is 322 g/mol. The Labute approximate surface area is 147 Å². The molecule has 0 spiro atoms. The first-order valence-electron chi connectivity index (χ1n) is 8.48. The Bertz CT molecular complexity index is 689. The van der Waals surface area contributed by atoms with E-state index in [9.17, 15) is 4.79 Å². The molecule has 1 fully saturated rings. The maximum atomic E-state index is 12.3. The summed E-state index contributed by atoms with van der Waals surface area (Å²) in [5.41, 5.74) is 0.699. The second-order valence-electron chi connectivity index (χ2n) is 7.33. The van der Waals surface area contributed by atoms with Crippen LogP contribution in [0.15, 0.2) is 29.0 Å². The molecule has 2 aromatic rings.